The fraction of sp³-hybridized carbons (Fsp3) is 0. The van der Waals surface area contributed by atoms with Crippen molar-refractivity contribution in [3.05, 3.63) is 160 Å². The minimum Gasteiger partial charge on any atom is -0.208 e. The molecule has 0 aliphatic carbocycles. The van der Waals surface area contributed by atoms with Crippen molar-refractivity contribution in [1.82, 2.24) is 15.0 Å². The predicted molar refractivity (Wildman–Crippen MR) is 172 cm³/mol. The van der Waals surface area contributed by atoms with E-state index in [0.717, 1.165) is 42.5 Å². The van der Waals surface area contributed by atoms with Gasteiger partial charge in [-0.25, -0.2) is 76.4 Å². The third-order valence-electron chi connectivity index (χ3n) is 8.41. The Bertz CT molecular complexity index is 2580. The van der Waals surface area contributed by atoms with Gasteiger partial charge in [0.25, 0.3) is 0 Å². The molecule has 3 nitrogen and oxygen atoms in total. The third kappa shape index (κ3) is 6.27. The average Bonchev–Trinajstić information content (AvgIpc) is 3.21. The molecule has 0 bridgehead atoms. The van der Waals surface area contributed by atoms with Crippen molar-refractivity contribution in [1.29, 1.82) is 0 Å². The summed E-state index contributed by atoms with van der Waals surface area (Å²) in [5.74, 6) is -31.3. The minimum absolute atomic E-state index is 0.0659. The van der Waals surface area contributed by atoms with Crippen LogP contribution in [-0.4, -0.2) is 15.0 Å². The smallest absolute Gasteiger partial charge is 0.200 e. The highest BCUT2D eigenvalue weighted by Gasteiger charge is 2.29. The Labute approximate surface area is 304 Å². The summed E-state index contributed by atoms with van der Waals surface area (Å²) < 4.78 is 200. The Balaban J connectivity index is 1.44. The standard InChI is InChI=1S/C39H13F14N3/c40-21-13-20(24(41)30(47)25(21)42)14-4-1-7-17(10-14)37-54-38(18-8-2-5-15(11-18)22-26(43)31(48)35(52)32(49)27(22)44)56-39(55-37)19-9-3-6-16(12-19)23-28(45)33(50)36(53)34(51)29(23)46/h1-13H. The molecular formula is C39H13F14N3. The minimum atomic E-state index is -2.41. The molecule has 6 aromatic carbocycles. The zero-order valence-electron chi connectivity index (χ0n) is 27.1. The zero-order valence-corrected chi connectivity index (χ0v) is 27.1. The second-order valence-electron chi connectivity index (χ2n) is 11.8. The van der Waals surface area contributed by atoms with Crippen molar-refractivity contribution in [2.24, 2.45) is 0 Å². The summed E-state index contributed by atoms with van der Waals surface area (Å²) in [4.78, 5) is 12.9. The van der Waals surface area contributed by atoms with Crippen molar-refractivity contribution in [2.45, 2.75) is 0 Å². The summed E-state index contributed by atoms with van der Waals surface area (Å²) in [5.41, 5.74) is -5.11. The first kappa shape index (κ1) is 37.7. The number of nitrogens with zero attached hydrogens (tertiary/aromatic N) is 3. The predicted octanol–water partition coefficient (Wildman–Crippen LogP) is 11.8. The molecule has 7 aromatic rings. The van der Waals surface area contributed by atoms with Crippen LogP contribution in [0.5, 0.6) is 0 Å². The number of aromatic nitrogens is 3. The first-order chi connectivity index (χ1) is 26.6. The summed E-state index contributed by atoms with van der Waals surface area (Å²) in [7, 11) is 0. The van der Waals surface area contributed by atoms with Crippen LogP contribution >= 0.6 is 0 Å². The lowest BCUT2D eigenvalue weighted by Gasteiger charge is -2.13. The van der Waals surface area contributed by atoms with Crippen molar-refractivity contribution in [3.63, 3.8) is 0 Å². The summed E-state index contributed by atoms with van der Waals surface area (Å²) in [6.45, 7) is 0. The van der Waals surface area contributed by atoms with Gasteiger partial charge < -0.3 is 0 Å². The van der Waals surface area contributed by atoms with E-state index in [1.165, 1.54) is 30.3 Å². The van der Waals surface area contributed by atoms with E-state index in [1.807, 2.05) is 0 Å². The highest BCUT2D eigenvalue weighted by molar-refractivity contribution is 5.77. The maximum Gasteiger partial charge on any atom is 0.200 e. The highest BCUT2D eigenvalue weighted by atomic mass is 19.2. The average molecular weight is 790 g/mol. The van der Waals surface area contributed by atoms with Crippen LogP contribution < -0.4 is 0 Å². The Kier molecular flexibility index (Phi) is 9.55. The van der Waals surface area contributed by atoms with Gasteiger partial charge in [-0.15, -0.1) is 0 Å². The molecular weight excluding hydrogens is 776 g/mol. The molecule has 0 N–H and O–H groups in total. The maximum absolute atomic E-state index is 14.8. The lowest BCUT2D eigenvalue weighted by atomic mass is 10.00. The number of rotatable bonds is 6. The molecule has 1 aromatic heterocycles. The van der Waals surface area contributed by atoms with Crippen LogP contribution in [-0.2, 0) is 0 Å². The van der Waals surface area contributed by atoms with Gasteiger partial charge in [0.05, 0.1) is 11.1 Å². The van der Waals surface area contributed by atoms with Gasteiger partial charge in [-0.3, -0.25) is 0 Å². The molecule has 0 radical (unpaired) electrons. The van der Waals surface area contributed by atoms with Gasteiger partial charge in [-0.2, -0.15) is 0 Å². The molecule has 0 unspecified atom stereocenters. The molecule has 0 saturated carbocycles. The number of halogens is 14. The van der Waals surface area contributed by atoms with E-state index in [0.29, 0.717) is 6.07 Å². The fourth-order valence-electron chi connectivity index (χ4n) is 5.72. The van der Waals surface area contributed by atoms with Crippen LogP contribution in [0.15, 0.2) is 78.9 Å². The van der Waals surface area contributed by atoms with Gasteiger partial charge >= 0.3 is 0 Å². The first-order valence-electron chi connectivity index (χ1n) is 15.5. The van der Waals surface area contributed by atoms with Crippen LogP contribution in [0.1, 0.15) is 0 Å². The lowest BCUT2D eigenvalue weighted by molar-refractivity contribution is 0.381. The summed E-state index contributed by atoms with van der Waals surface area (Å²) in [6, 6.07) is 13.8. The van der Waals surface area contributed by atoms with Gasteiger partial charge in [0, 0.05) is 22.3 Å². The van der Waals surface area contributed by atoms with E-state index < -0.39 is 121 Å². The topological polar surface area (TPSA) is 38.7 Å². The van der Waals surface area contributed by atoms with Crippen molar-refractivity contribution in [3.8, 4) is 67.5 Å². The maximum atomic E-state index is 14.8. The zero-order chi connectivity index (χ0) is 40.3. The highest BCUT2D eigenvalue weighted by Crippen LogP contribution is 2.37. The van der Waals surface area contributed by atoms with Crippen LogP contribution in [0.3, 0.4) is 0 Å². The quantitative estimate of drug-likeness (QED) is 0.0957. The second kappa shape index (κ2) is 14.2. The third-order valence-corrected chi connectivity index (χ3v) is 8.41. The number of hydrogen-bond acceptors (Lipinski definition) is 3. The van der Waals surface area contributed by atoms with E-state index in [2.05, 4.69) is 15.0 Å². The van der Waals surface area contributed by atoms with Gasteiger partial charge in [0.2, 0.25) is 11.6 Å². The Hall–Kier alpha value is -6.65. The van der Waals surface area contributed by atoms with E-state index in [-0.39, 0.29) is 28.1 Å². The van der Waals surface area contributed by atoms with E-state index in [1.54, 1.807) is 0 Å². The second-order valence-corrected chi connectivity index (χ2v) is 11.8. The fourth-order valence-corrected chi connectivity index (χ4v) is 5.72. The Morgan fingerprint density at radius 1 is 0.268 bits per heavy atom. The molecule has 0 spiro atoms. The van der Waals surface area contributed by atoms with Crippen LogP contribution in [0.2, 0.25) is 0 Å². The molecule has 0 atom stereocenters. The summed E-state index contributed by atoms with van der Waals surface area (Å²) in [6.07, 6.45) is 0. The molecule has 56 heavy (non-hydrogen) atoms. The Morgan fingerprint density at radius 3 is 0.929 bits per heavy atom. The van der Waals surface area contributed by atoms with E-state index in [4.69, 9.17) is 0 Å². The van der Waals surface area contributed by atoms with E-state index in [9.17, 15) is 61.5 Å². The number of benzene rings is 6. The molecule has 0 fully saturated rings. The largest absolute Gasteiger partial charge is 0.208 e. The first-order valence-corrected chi connectivity index (χ1v) is 15.5. The molecule has 282 valence electrons. The summed E-state index contributed by atoms with van der Waals surface area (Å²) in [5, 5.41) is 0. The molecule has 0 aliphatic rings. The van der Waals surface area contributed by atoms with Gasteiger partial charge in [-0.05, 0) is 41.0 Å². The molecule has 0 amide bonds. The Morgan fingerprint density at radius 2 is 0.554 bits per heavy atom. The molecule has 0 saturated heterocycles. The molecule has 1 heterocycles. The van der Waals surface area contributed by atoms with Crippen LogP contribution in [0.25, 0.3) is 67.5 Å². The molecule has 7 rings (SSSR count). The van der Waals surface area contributed by atoms with Crippen LogP contribution in [0.4, 0.5) is 61.5 Å². The number of hydrogen-bond donors (Lipinski definition) is 0. The van der Waals surface area contributed by atoms with Gasteiger partial charge in [-0.1, -0.05) is 54.6 Å². The monoisotopic (exact) mass is 789 g/mol. The van der Waals surface area contributed by atoms with Gasteiger partial charge in [0.1, 0.15) is 0 Å². The van der Waals surface area contributed by atoms with Gasteiger partial charge in [0.15, 0.2) is 87.3 Å². The SMILES string of the molecule is Fc1cc(-c2cccc(-c3nc(-c4cccc(-c5c(F)c(F)c(F)c(F)c5F)c4)nc(-c4cccc(-c5c(F)c(F)c(F)c(F)c5F)c4)n3)c2)c(F)c(F)c1F. The van der Waals surface area contributed by atoms with Crippen molar-refractivity contribution in [2.75, 3.05) is 0 Å². The summed E-state index contributed by atoms with van der Waals surface area (Å²) >= 11 is 0. The molecule has 17 heteroatoms. The lowest BCUT2D eigenvalue weighted by Crippen LogP contribution is -2.05. The molecule has 0 aliphatic heterocycles. The van der Waals surface area contributed by atoms with Crippen molar-refractivity contribution >= 4 is 0 Å². The normalized spacial score (nSPS) is 11.4. The van der Waals surface area contributed by atoms with Crippen LogP contribution in [0, 0.1) is 81.4 Å². The van der Waals surface area contributed by atoms with Crippen molar-refractivity contribution < 1.29 is 61.5 Å². The van der Waals surface area contributed by atoms with E-state index >= 15 is 0 Å².